The summed E-state index contributed by atoms with van der Waals surface area (Å²) in [5, 5.41) is 3.98. The van der Waals surface area contributed by atoms with Crippen LogP contribution in [-0.4, -0.2) is 70.6 Å². The SMILES string of the molecule is Cc1c(C=C2C(=O)N(C)C(=S)N(C)C2=O)c2ccccc2n1CC(=O)NC[C@H]1CCCO1. The van der Waals surface area contributed by atoms with E-state index in [1.165, 1.54) is 9.80 Å². The number of nitrogens with one attached hydrogen (secondary N) is 1. The van der Waals surface area contributed by atoms with Gasteiger partial charge in [-0.05, 0) is 44.1 Å². The van der Waals surface area contributed by atoms with E-state index in [0.717, 1.165) is 41.6 Å². The predicted octanol–water partition coefficient (Wildman–Crippen LogP) is 1.84. The fourth-order valence-corrected chi connectivity index (χ4v) is 4.36. The van der Waals surface area contributed by atoms with Crippen LogP contribution in [0.2, 0.25) is 0 Å². The van der Waals surface area contributed by atoms with Gasteiger partial charge in [-0.2, -0.15) is 0 Å². The average Bonchev–Trinajstić information content (AvgIpc) is 3.40. The molecule has 0 unspecified atom stereocenters. The van der Waals surface area contributed by atoms with E-state index < -0.39 is 11.8 Å². The molecule has 0 radical (unpaired) electrons. The molecule has 168 valence electrons. The summed E-state index contributed by atoms with van der Waals surface area (Å²) in [4.78, 5) is 40.8. The second-order valence-corrected chi connectivity index (χ2v) is 8.48. The van der Waals surface area contributed by atoms with Crippen LogP contribution < -0.4 is 5.32 Å². The smallest absolute Gasteiger partial charge is 0.265 e. The van der Waals surface area contributed by atoms with Gasteiger partial charge in [0.15, 0.2) is 5.11 Å². The second kappa shape index (κ2) is 8.84. The molecule has 3 heterocycles. The zero-order chi connectivity index (χ0) is 23.0. The number of carbonyl (C=O) groups is 3. The molecule has 0 bridgehead atoms. The molecule has 2 saturated heterocycles. The number of fused-ring (bicyclic) bond motifs is 1. The average molecular weight is 455 g/mol. The zero-order valence-electron chi connectivity index (χ0n) is 18.4. The molecule has 0 spiro atoms. The van der Waals surface area contributed by atoms with Crippen LogP contribution in [0, 0.1) is 6.92 Å². The molecule has 8 nitrogen and oxygen atoms in total. The summed E-state index contributed by atoms with van der Waals surface area (Å²) in [6.07, 6.45) is 3.66. The Labute approximate surface area is 191 Å². The molecule has 2 aliphatic rings. The highest BCUT2D eigenvalue weighted by Crippen LogP contribution is 2.29. The summed E-state index contributed by atoms with van der Waals surface area (Å²) in [5.74, 6) is -0.995. The molecule has 4 rings (SSSR count). The number of likely N-dealkylation sites (N-methyl/N-ethyl adjacent to an activating group) is 2. The summed E-state index contributed by atoms with van der Waals surface area (Å²) in [5.41, 5.74) is 2.43. The molecule has 9 heteroatoms. The van der Waals surface area contributed by atoms with Crippen molar-refractivity contribution in [2.75, 3.05) is 27.2 Å². The number of thiocarbonyl (C=S) groups is 1. The zero-order valence-corrected chi connectivity index (χ0v) is 19.2. The standard InChI is InChI=1S/C23H26N4O4S/c1-14-17(11-18-21(29)25(2)23(32)26(3)22(18)30)16-8-4-5-9-19(16)27(14)13-20(28)24-12-15-7-6-10-31-15/h4-5,8-9,11,15H,6-7,10,12-13H2,1-3H3,(H,24,28)/t15-/m1/s1. The monoisotopic (exact) mass is 454 g/mol. The largest absolute Gasteiger partial charge is 0.376 e. The van der Waals surface area contributed by atoms with Crippen molar-refractivity contribution < 1.29 is 19.1 Å². The highest BCUT2D eigenvalue weighted by Gasteiger charge is 2.35. The summed E-state index contributed by atoms with van der Waals surface area (Å²) in [7, 11) is 3.10. The van der Waals surface area contributed by atoms with Crippen molar-refractivity contribution in [1.82, 2.24) is 19.7 Å². The maximum atomic E-state index is 12.8. The third-order valence-corrected chi connectivity index (χ3v) is 6.61. The summed E-state index contributed by atoms with van der Waals surface area (Å²) in [6.45, 7) is 3.26. The van der Waals surface area contributed by atoms with Crippen LogP contribution in [0.5, 0.6) is 0 Å². The minimum absolute atomic E-state index is 0.0393. The molecule has 0 saturated carbocycles. The van der Waals surface area contributed by atoms with Crippen molar-refractivity contribution in [1.29, 1.82) is 0 Å². The van der Waals surface area contributed by atoms with Crippen molar-refractivity contribution in [3.63, 3.8) is 0 Å². The number of rotatable bonds is 5. The van der Waals surface area contributed by atoms with Crippen LogP contribution in [0.1, 0.15) is 24.1 Å². The molecule has 0 aliphatic carbocycles. The van der Waals surface area contributed by atoms with Gasteiger partial charge in [-0.3, -0.25) is 24.2 Å². The van der Waals surface area contributed by atoms with E-state index in [4.69, 9.17) is 17.0 Å². The number of benzene rings is 1. The first-order valence-electron chi connectivity index (χ1n) is 10.6. The van der Waals surface area contributed by atoms with Crippen LogP contribution in [0.3, 0.4) is 0 Å². The van der Waals surface area contributed by atoms with Gasteiger partial charge in [0, 0.05) is 49.4 Å². The number of amides is 3. The third kappa shape index (κ3) is 3.93. The Morgan fingerprint density at radius 1 is 1.22 bits per heavy atom. The molecule has 1 N–H and O–H groups in total. The minimum Gasteiger partial charge on any atom is -0.376 e. The predicted molar refractivity (Wildman–Crippen MR) is 125 cm³/mol. The highest BCUT2D eigenvalue weighted by molar-refractivity contribution is 7.80. The number of aromatic nitrogens is 1. The van der Waals surface area contributed by atoms with E-state index in [1.54, 1.807) is 20.2 Å². The normalized spacial score (nSPS) is 19.3. The van der Waals surface area contributed by atoms with Crippen molar-refractivity contribution >= 4 is 52.0 Å². The molecule has 2 fully saturated rings. The third-order valence-electron chi connectivity index (χ3n) is 6.06. The van der Waals surface area contributed by atoms with Crippen molar-refractivity contribution in [2.24, 2.45) is 0 Å². The highest BCUT2D eigenvalue weighted by atomic mass is 32.1. The van der Waals surface area contributed by atoms with E-state index >= 15 is 0 Å². The molecular weight excluding hydrogens is 428 g/mol. The fraction of sp³-hybridized carbons (Fsp3) is 0.391. The number of ether oxygens (including phenoxy) is 1. The Morgan fingerprint density at radius 3 is 2.56 bits per heavy atom. The molecule has 32 heavy (non-hydrogen) atoms. The second-order valence-electron chi connectivity index (χ2n) is 8.11. The molecule has 2 aliphatic heterocycles. The summed E-state index contributed by atoms with van der Waals surface area (Å²) >= 11 is 5.17. The fourth-order valence-electron chi connectivity index (χ4n) is 4.20. The Balaban J connectivity index is 1.67. The van der Waals surface area contributed by atoms with Gasteiger partial charge in [0.2, 0.25) is 5.91 Å². The van der Waals surface area contributed by atoms with Gasteiger partial charge in [0.25, 0.3) is 11.8 Å². The maximum Gasteiger partial charge on any atom is 0.265 e. The van der Waals surface area contributed by atoms with Crippen molar-refractivity contribution in [3.8, 4) is 0 Å². The van der Waals surface area contributed by atoms with Crippen molar-refractivity contribution in [3.05, 3.63) is 41.1 Å². The van der Waals surface area contributed by atoms with Gasteiger partial charge in [-0.25, -0.2) is 0 Å². The van der Waals surface area contributed by atoms with Gasteiger partial charge in [-0.15, -0.1) is 0 Å². The number of para-hydroxylation sites is 1. The lowest BCUT2D eigenvalue weighted by atomic mass is 10.0. The summed E-state index contributed by atoms with van der Waals surface area (Å²) in [6, 6.07) is 7.64. The number of nitrogens with zero attached hydrogens (tertiary/aromatic N) is 3. The number of hydrogen-bond donors (Lipinski definition) is 1. The van der Waals surface area contributed by atoms with E-state index in [2.05, 4.69) is 5.32 Å². The molecule has 2 aromatic rings. The van der Waals surface area contributed by atoms with Crippen LogP contribution in [0.25, 0.3) is 17.0 Å². The van der Waals surface area contributed by atoms with E-state index in [-0.39, 0.29) is 29.2 Å². The molecule has 1 aromatic carbocycles. The molecular formula is C23H26N4O4S. The Hall–Kier alpha value is -3.04. The topological polar surface area (TPSA) is 83.9 Å². The molecule has 1 aromatic heterocycles. The first-order chi connectivity index (χ1) is 15.3. The van der Waals surface area contributed by atoms with Crippen LogP contribution >= 0.6 is 12.2 Å². The maximum absolute atomic E-state index is 12.8. The van der Waals surface area contributed by atoms with Crippen molar-refractivity contribution in [2.45, 2.75) is 32.4 Å². The van der Waals surface area contributed by atoms with Crippen LogP contribution in [-0.2, 0) is 25.7 Å². The summed E-state index contributed by atoms with van der Waals surface area (Å²) < 4.78 is 7.48. The van der Waals surface area contributed by atoms with Crippen LogP contribution in [0.15, 0.2) is 29.8 Å². The number of carbonyl (C=O) groups excluding carboxylic acids is 3. The van der Waals surface area contributed by atoms with Gasteiger partial charge < -0.3 is 14.6 Å². The Bertz CT molecular complexity index is 1120. The lowest BCUT2D eigenvalue weighted by molar-refractivity contribution is -0.132. The minimum atomic E-state index is -0.441. The Morgan fingerprint density at radius 2 is 1.91 bits per heavy atom. The quantitative estimate of drug-likeness (QED) is 0.424. The van der Waals surface area contributed by atoms with Gasteiger partial charge in [0.1, 0.15) is 12.1 Å². The lowest BCUT2D eigenvalue weighted by Gasteiger charge is -2.31. The molecule has 3 amide bonds. The van der Waals surface area contributed by atoms with Gasteiger partial charge in [-0.1, -0.05) is 18.2 Å². The first-order valence-corrected chi connectivity index (χ1v) is 11.0. The number of hydrogen-bond acceptors (Lipinski definition) is 5. The first kappa shape index (κ1) is 22.2. The van der Waals surface area contributed by atoms with Gasteiger partial charge >= 0.3 is 0 Å². The molecule has 1 atom stereocenters. The van der Waals surface area contributed by atoms with E-state index in [0.29, 0.717) is 6.54 Å². The Kier molecular flexibility index (Phi) is 6.12. The van der Waals surface area contributed by atoms with Gasteiger partial charge in [0.05, 0.1) is 6.10 Å². The lowest BCUT2D eigenvalue weighted by Crippen LogP contribution is -2.52. The van der Waals surface area contributed by atoms with E-state index in [1.807, 2.05) is 35.8 Å². The van der Waals surface area contributed by atoms with Crippen LogP contribution in [0.4, 0.5) is 0 Å². The van der Waals surface area contributed by atoms with E-state index in [9.17, 15) is 14.4 Å².